The van der Waals surface area contributed by atoms with Crippen LogP contribution in [0.1, 0.15) is 85.6 Å². The maximum atomic E-state index is 13.8. The largest absolute Gasteiger partial charge is 0.446 e. The molecule has 3 heterocycles. The van der Waals surface area contributed by atoms with E-state index in [0.29, 0.717) is 37.4 Å². The maximum Gasteiger partial charge on any atom is 0.410 e. The lowest BCUT2D eigenvalue weighted by Gasteiger charge is -2.35. The number of benzene rings is 2. The summed E-state index contributed by atoms with van der Waals surface area (Å²) in [4.78, 5) is 34.9. The zero-order chi connectivity index (χ0) is 30.7. The Bertz CT molecular complexity index is 1420. The third-order valence-corrected chi connectivity index (χ3v) is 8.14. The molecule has 1 unspecified atom stereocenters. The highest BCUT2D eigenvalue weighted by atomic mass is 16.6. The van der Waals surface area contributed by atoms with E-state index in [0.717, 1.165) is 41.8 Å². The fourth-order valence-electron chi connectivity index (χ4n) is 6.25. The normalized spacial score (nSPS) is 20.2. The number of hydrogen-bond donors (Lipinski definition) is 2. The number of nitrogens with zero attached hydrogens (tertiary/aromatic N) is 3. The minimum atomic E-state index is -0.869. The molecule has 0 saturated carbocycles. The first-order valence-corrected chi connectivity index (χ1v) is 15.3. The monoisotopic (exact) mass is 588 g/mol. The van der Waals surface area contributed by atoms with Crippen molar-refractivity contribution in [2.45, 2.75) is 96.6 Å². The first-order chi connectivity index (χ1) is 20.5. The van der Waals surface area contributed by atoms with Crippen LogP contribution in [0.4, 0.5) is 10.5 Å². The van der Waals surface area contributed by atoms with Gasteiger partial charge in [-0.3, -0.25) is 4.79 Å². The van der Waals surface area contributed by atoms with E-state index >= 15 is 0 Å². The molecule has 5 rings (SSSR count). The quantitative estimate of drug-likeness (QED) is 0.330. The number of rotatable bonds is 8. The number of aliphatic hydroxyl groups is 1. The number of amides is 2. The summed E-state index contributed by atoms with van der Waals surface area (Å²) < 4.78 is 11.3. The molecule has 43 heavy (non-hydrogen) atoms. The van der Waals surface area contributed by atoms with E-state index in [1.54, 1.807) is 11.2 Å². The summed E-state index contributed by atoms with van der Waals surface area (Å²) in [5, 5.41) is 15.4. The molecule has 2 aromatic carbocycles. The van der Waals surface area contributed by atoms with Crippen LogP contribution in [-0.4, -0.2) is 68.8 Å². The molecule has 230 valence electrons. The Morgan fingerprint density at radius 2 is 1.79 bits per heavy atom. The number of likely N-dealkylation sites (tertiary alicyclic amines) is 2. The predicted molar refractivity (Wildman–Crippen MR) is 165 cm³/mol. The average molecular weight is 589 g/mol. The van der Waals surface area contributed by atoms with Crippen LogP contribution in [0.15, 0.2) is 59.2 Å². The lowest BCUT2D eigenvalue weighted by atomic mass is 9.94. The molecular weight excluding hydrogens is 544 g/mol. The SMILES string of the molecule is Cc1cc(N[C@@H](Cc2ccccc2)[C@H](O)C2CCCN2C(=O)OC(C)(C)C)cc(C(=O)N2CCC[C@@H]2c2nc(C)co2)c1. The van der Waals surface area contributed by atoms with Crippen LogP contribution in [0.2, 0.25) is 0 Å². The molecular formula is C34H44N4O5. The van der Waals surface area contributed by atoms with Crippen molar-refractivity contribution in [1.29, 1.82) is 0 Å². The summed E-state index contributed by atoms with van der Waals surface area (Å²) in [6.07, 6.45) is 4.06. The van der Waals surface area contributed by atoms with Gasteiger partial charge in [-0.25, -0.2) is 9.78 Å². The first kappa shape index (κ1) is 30.6. The minimum absolute atomic E-state index is 0.0721. The highest BCUT2D eigenvalue weighted by molar-refractivity contribution is 5.95. The number of hydrogen-bond acceptors (Lipinski definition) is 7. The number of ether oxygens (including phenoxy) is 1. The van der Waals surface area contributed by atoms with E-state index in [-0.39, 0.29) is 11.9 Å². The van der Waals surface area contributed by atoms with Crippen molar-refractivity contribution in [3.8, 4) is 0 Å². The first-order valence-electron chi connectivity index (χ1n) is 15.3. The number of oxazole rings is 1. The molecule has 2 aliphatic heterocycles. The molecule has 9 nitrogen and oxygen atoms in total. The Kier molecular flexibility index (Phi) is 9.11. The Balaban J connectivity index is 1.39. The van der Waals surface area contributed by atoms with Gasteiger partial charge in [0.2, 0.25) is 5.89 Å². The second-order valence-electron chi connectivity index (χ2n) is 12.9. The van der Waals surface area contributed by atoms with E-state index < -0.39 is 29.9 Å². The molecule has 2 amide bonds. The van der Waals surface area contributed by atoms with Gasteiger partial charge in [-0.1, -0.05) is 30.3 Å². The lowest BCUT2D eigenvalue weighted by Crippen LogP contribution is -2.51. The molecule has 0 bridgehead atoms. The molecule has 1 aromatic heterocycles. The molecule has 2 N–H and O–H groups in total. The Hall–Kier alpha value is -3.85. The third-order valence-electron chi connectivity index (χ3n) is 8.14. The second-order valence-corrected chi connectivity index (χ2v) is 12.9. The van der Waals surface area contributed by atoms with E-state index in [4.69, 9.17) is 9.15 Å². The number of aliphatic hydroxyl groups excluding tert-OH is 1. The van der Waals surface area contributed by atoms with Gasteiger partial charge < -0.3 is 29.4 Å². The van der Waals surface area contributed by atoms with E-state index in [9.17, 15) is 14.7 Å². The number of nitrogens with one attached hydrogen (secondary N) is 1. The highest BCUT2D eigenvalue weighted by Crippen LogP contribution is 2.34. The summed E-state index contributed by atoms with van der Waals surface area (Å²) in [5.41, 5.74) is 3.48. The van der Waals surface area contributed by atoms with Crippen LogP contribution in [0.25, 0.3) is 0 Å². The molecule has 0 spiro atoms. The number of carbonyl (C=O) groups is 2. The van der Waals surface area contributed by atoms with Crippen LogP contribution in [0.5, 0.6) is 0 Å². The Morgan fingerprint density at radius 3 is 2.49 bits per heavy atom. The van der Waals surface area contributed by atoms with Gasteiger partial charge >= 0.3 is 6.09 Å². The molecule has 9 heteroatoms. The minimum Gasteiger partial charge on any atom is -0.446 e. The molecule has 0 aliphatic carbocycles. The van der Waals surface area contributed by atoms with Crippen molar-refractivity contribution in [2.75, 3.05) is 18.4 Å². The van der Waals surface area contributed by atoms with Gasteiger partial charge in [-0.15, -0.1) is 0 Å². The zero-order valence-electron chi connectivity index (χ0n) is 25.9. The van der Waals surface area contributed by atoms with Crippen LogP contribution < -0.4 is 5.32 Å². The zero-order valence-corrected chi connectivity index (χ0v) is 25.9. The highest BCUT2D eigenvalue weighted by Gasteiger charge is 2.40. The fourth-order valence-corrected chi connectivity index (χ4v) is 6.25. The summed E-state index contributed by atoms with van der Waals surface area (Å²) in [6, 6.07) is 14.7. The molecule has 3 aromatic rings. The van der Waals surface area contributed by atoms with Crippen molar-refractivity contribution in [2.24, 2.45) is 0 Å². The number of aryl methyl sites for hydroxylation is 2. The van der Waals surface area contributed by atoms with Crippen LogP contribution in [0, 0.1) is 13.8 Å². The Morgan fingerprint density at radius 1 is 1.07 bits per heavy atom. The smallest absolute Gasteiger partial charge is 0.410 e. The van der Waals surface area contributed by atoms with Crippen molar-refractivity contribution in [1.82, 2.24) is 14.8 Å². The molecule has 2 saturated heterocycles. The van der Waals surface area contributed by atoms with Crippen molar-refractivity contribution >= 4 is 17.7 Å². The van der Waals surface area contributed by atoms with Gasteiger partial charge in [0.05, 0.1) is 23.9 Å². The van der Waals surface area contributed by atoms with Crippen molar-refractivity contribution in [3.63, 3.8) is 0 Å². The van der Waals surface area contributed by atoms with Crippen LogP contribution >= 0.6 is 0 Å². The van der Waals surface area contributed by atoms with Crippen molar-refractivity contribution in [3.05, 3.63) is 83.1 Å². The average Bonchev–Trinajstić information content (AvgIpc) is 3.72. The van der Waals surface area contributed by atoms with E-state index in [1.807, 2.05) is 88.0 Å². The van der Waals surface area contributed by atoms with Gasteiger partial charge in [0.25, 0.3) is 5.91 Å². The van der Waals surface area contributed by atoms with Crippen LogP contribution in [0.3, 0.4) is 0 Å². The number of anilines is 1. The summed E-state index contributed by atoms with van der Waals surface area (Å²) in [6.45, 7) is 10.6. The van der Waals surface area contributed by atoms with Gasteiger partial charge in [0, 0.05) is 24.3 Å². The molecule has 0 radical (unpaired) electrons. The van der Waals surface area contributed by atoms with Crippen LogP contribution in [-0.2, 0) is 11.2 Å². The topological polar surface area (TPSA) is 108 Å². The van der Waals surface area contributed by atoms with E-state index in [2.05, 4.69) is 10.3 Å². The number of aromatic nitrogens is 1. The van der Waals surface area contributed by atoms with Gasteiger partial charge in [-0.2, -0.15) is 0 Å². The molecule has 4 atom stereocenters. The molecule has 2 aliphatic rings. The molecule has 2 fully saturated rings. The summed E-state index contributed by atoms with van der Waals surface area (Å²) >= 11 is 0. The third kappa shape index (κ3) is 7.39. The predicted octanol–water partition coefficient (Wildman–Crippen LogP) is 6.05. The van der Waals surface area contributed by atoms with Crippen molar-refractivity contribution < 1.29 is 23.8 Å². The maximum absolute atomic E-state index is 13.8. The standard InChI is InChI=1S/C34H44N4O5/c1-22-17-25(32(40)37-15-10-14-29(37)31-35-23(2)21-42-31)20-26(18-22)36-27(19-24-11-7-6-8-12-24)30(39)28-13-9-16-38(28)33(41)43-34(3,4)5/h6-8,11-12,17-18,20-21,27-30,36,39H,9-10,13-16,19H2,1-5H3/t27-,28?,29+,30-/m0/s1. The van der Waals surface area contributed by atoms with Gasteiger partial charge in [0.1, 0.15) is 17.9 Å². The number of carbonyl (C=O) groups excluding carboxylic acids is 2. The van der Waals surface area contributed by atoms with Gasteiger partial charge in [-0.05, 0) is 96.0 Å². The second kappa shape index (κ2) is 12.8. The van der Waals surface area contributed by atoms with Gasteiger partial charge in [0.15, 0.2) is 0 Å². The fraction of sp³-hybridized carbons (Fsp3) is 0.500. The summed E-state index contributed by atoms with van der Waals surface area (Å²) in [5.74, 6) is 0.503. The Labute approximate surface area is 254 Å². The van der Waals surface area contributed by atoms with E-state index in [1.165, 1.54) is 0 Å². The summed E-state index contributed by atoms with van der Waals surface area (Å²) in [7, 11) is 0. The lowest BCUT2D eigenvalue weighted by molar-refractivity contribution is 0.00212.